The third kappa shape index (κ3) is 2.65. The summed E-state index contributed by atoms with van der Waals surface area (Å²) >= 11 is 10.3. The van der Waals surface area contributed by atoms with Gasteiger partial charge in [0.15, 0.2) is 9.75 Å². The first-order valence-corrected chi connectivity index (χ1v) is 5.63. The van der Waals surface area contributed by atoms with Gasteiger partial charge in [0, 0.05) is 0 Å². The van der Waals surface area contributed by atoms with Gasteiger partial charge < -0.3 is 20.1 Å². The zero-order valence-electron chi connectivity index (χ0n) is 9.63. The monoisotopic (exact) mass is 444 g/mol. The van der Waals surface area contributed by atoms with E-state index in [1.165, 1.54) is 0 Å². The van der Waals surface area contributed by atoms with E-state index < -0.39 is 52.1 Å². The van der Waals surface area contributed by atoms with E-state index in [-0.39, 0.29) is 22.4 Å². The number of carbonyl (C=O) groups excluding carboxylic acids is 1. The van der Waals surface area contributed by atoms with Gasteiger partial charge in [-0.15, -0.1) is 0 Å². The van der Waals surface area contributed by atoms with Crippen molar-refractivity contribution in [3.05, 3.63) is 0 Å². The molecule has 1 fully saturated rings. The molecule has 0 aliphatic heterocycles. The first-order chi connectivity index (χ1) is 8.74. The summed E-state index contributed by atoms with van der Waals surface area (Å²) in [6.07, 6.45) is -8.53. The predicted molar refractivity (Wildman–Crippen MR) is 54.9 cm³/mol. The number of rotatable bonds is 4. The van der Waals surface area contributed by atoms with E-state index in [1.807, 2.05) is 0 Å². The van der Waals surface area contributed by atoms with E-state index in [9.17, 15) is 32.7 Å². The Balaban J connectivity index is 0.00000400. The molecule has 1 aliphatic carbocycles. The van der Waals surface area contributed by atoms with Gasteiger partial charge in [-0.2, -0.15) is 13.2 Å². The van der Waals surface area contributed by atoms with Gasteiger partial charge >= 0.3 is 40.5 Å². The molecule has 0 unspecified atom stereocenters. The van der Waals surface area contributed by atoms with Gasteiger partial charge in [0.2, 0.25) is 0 Å². The molecule has 0 aromatic rings. The molecule has 1 saturated carbocycles. The average molecular weight is 446 g/mol. The van der Waals surface area contributed by atoms with Crippen molar-refractivity contribution in [3.8, 4) is 0 Å². The molecule has 0 aromatic carbocycles. The molecule has 124 valence electrons. The summed E-state index contributed by atoms with van der Waals surface area (Å²) in [7, 11) is 0. The third-order valence-corrected chi connectivity index (χ3v) is 4.46. The first-order valence-electron chi connectivity index (χ1n) is 4.87. The number of hydrogen-bond acceptors (Lipinski definition) is 4. The Morgan fingerprint density at radius 2 is 1.38 bits per heavy atom. The molecule has 12 heteroatoms. The van der Waals surface area contributed by atoms with Gasteiger partial charge in [-0.1, -0.05) is 23.2 Å². The number of carboxylic acid groups (broad SMARTS) is 3. The topological polar surface area (TPSA) is 115 Å². The van der Waals surface area contributed by atoms with E-state index in [0.29, 0.717) is 0 Å². The molecule has 0 amide bonds. The number of hydrogen-bond donors (Lipinski definition) is 2. The second-order valence-corrected chi connectivity index (χ2v) is 5.82. The van der Waals surface area contributed by atoms with Gasteiger partial charge in [0.1, 0.15) is 5.41 Å². The van der Waals surface area contributed by atoms with Crippen molar-refractivity contribution in [2.45, 2.75) is 23.4 Å². The van der Waals surface area contributed by atoms with Crippen LogP contribution in [0, 0.1) is 10.8 Å². The largest absolute Gasteiger partial charge is 1.00 e. The van der Waals surface area contributed by atoms with Crippen molar-refractivity contribution >= 4 is 41.1 Å². The minimum Gasteiger partial charge on any atom is -0.547 e. The predicted octanol–water partition coefficient (Wildman–Crippen LogP) is 0.406. The molecule has 21 heavy (non-hydrogen) atoms. The number of carboxylic acids is 3. The molecule has 1 rings (SSSR count). The molecule has 0 atom stereocenters. The van der Waals surface area contributed by atoms with Crippen molar-refractivity contribution in [2.24, 2.45) is 10.8 Å². The molecule has 0 bridgehead atoms. The van der Waals surface area contributed by atoms with Crippen LogP contribution < -0.4 is 5.11 Å². The quantitative estimate of drug-likeness (QED) is 0.368. The van der Waals surface area contributed by atoms with Crippen LogP contribution in [0.3, 0.4) is 0 Å². The summed E-state index contributed by atoms with van der Waals surface area (Å²) in [5.74, 6) is -6.55. The maximum atomic E-state index is 13.0. The van der Waals surface area contributed by atoms with Crippen LogP contribution in [-0.4, -0.2) is 38.6 Å². The Bertz CT molecular complexity index is 470. The number of halogens is 5. The standard InChI is InChI=1S/C9H7Cl2F3O6.Ag/c10-8(11,5(19)20)7(9(12,13)14)1-6(2-7,3(15)16)4(17)18;/h1-2H2,(H,15,16)(H,17,18)(H,19,20);/q;+1/p-1. The van der Waals surface area contributed by atoms with Crippen molar-refractivity contribution in [2.75, 3.05) is 0 Å². The van der Waals surface area contributed by atoms with Crippen molar-refractivity contribution in [3.63, 3.8) is 0 Å². The molecule has 6 nitrogen and oxygen atoms in total. The normalized spacial score (nSPS) is 19.9. The minimum atomic E-state index is -5.33. The summed E-state index contributed by atoms with van der Waals surface area (Å²) < 4.78 is 35.6. The molecule has 0 radical (unpaired) electrons. The molecule has 0 spiro atoms. The SMILES string of the molecule is O=C(O)C1(C(=O)O)CC(C(F)(F)F)(C(Cl)(Cl)C(=O)[O-])C1.[Ag+]. The van der Waals surface area contributed by atoms with Crippen LogP contribution in [0.2, 0.25) is 0 Å². The summed E-state index contributed by atoms with van der Waals surface area (Å²) in [6.45, 7) is 0. The van der Waals surface area contributed by atoms with E-state index in [1.54, 1.807) is 0 Å². The van der Waals surface area contributed by atoms with Crippen LogP contribution in [-0.2, 0) is 36.8 Å². The van der Waals surface area contributed by atoms with E-state index >= 15 is 0 Å². The molecular weight excluding hydrogens is 440 g/mol. The van der Waals surface area contributed by atoms with Crippen LogP contribution >= 0.6 is 23.2 Å². The minimum absolute atomic E-state index is 0. The fourth-order valence-corrected chi connectivity index (χ4v) is 2.65. The second-order valence-electron chi connectivity index (χ2n) is 4.49. The Morgan fingerprint density at radius 3 is 1.57 bits per heavy atom. The Kier molecular flexibility index (Phi) is 5.49. The first kappa shape index (κ1) is 20.5. The Hall–Kier alpha value is -0.480. The molecular formula is C9H6AgCl2F3O6. The zero-order valence-corrected chi connectivity index (χ0v) is 12.6. The molecule has 0 heterocycles. The summed E-state index contributed by atoms with van der Waals surface area (Å²) in [5, 5.41) is 28.2. The van der Waals surface area contributed by atoms with Crippen LogP contribution in [0.1, 0.15) is 12.8 Å². The summed E-state index contributed by atoms with van der Waals surface area (Å²) in [5.41, 5.74) is -6.21. The van der Waals surface area contributed by atoms with Crippen LogP contribution in [0.4, 0.5) is 13.2 Å². The zero-order chi connectivity index (χ0) is 16.1. The van der Waals surface area contributed by atoms with E-state index in [0.717, 1.165) is 0 Å². The molecule has 0 saturated heterocycles. The number of aliphatic carboxylic acids is 3. The fourth-order valence-electron chi connectivity index (χ4n) is 2.17. The van der Waals surface area contributed by atoms with Gasteiger partial charge in [-0.25, -0.2) is 0 Å². The molecule has 2 N–H and O–H groups in total. The maximum Gasteiger partial charge on any atom is 1.00 e. The fraction of sp³-hybridized carbons (Fsp3) is 0.667. The third-order valence-electron chi connectivity index (χ3n) is 3.43. The Labute approximate surface area is 140 Å². The van der Waals surface area contributed by atoms with Gasteiger partial charge in [0.05, 0.1) is 5.97 Å². The number of carbonyl (C=O) groups is 3. The summed E-state index contributed by atoms with van der Waals surface area (Å²) in [6, 6.07) is 0. The van der Waals surface area contributed by atoms with Gasteiger partial charge in [-0.3, -0.25) is 9.59 Å². The van der Waals surface area contributed by atoms with Crippen molar-refractivity contribution < 1.29 is 65.3 Å². The number of alkyl halides is 5. The van der Waals surface area contributed by atoms with Gasteiger partial charge in [0.25, 0.3) is 0 Å². The van der Waals surface area contributed by atoms with E-state index in [4.69, 9.17) is 33.4 Å². The van der Waals surface area contributed by atoms with Crippen LogP contribution in [0.5, 0.6) is 0 Å². The smallest absolute Gasteiger partial charge is 0.547 e. The van der Waals surface area contributed by atoms with Gasteiger partial charge in [-0.05, 0) is 12.8 Å². The summed E-state index contributed by atoms with van der Waals surface area (Å²) in [4.78, 5) is 32.4. The maximum absolute atomic E-state index is 13.0. The van der Waals surface area contributed by atoms with E-state index in [2.05, 4.69) is 0 Å². The second kappa shape index (κ2) is 5.62. The molecule has 1 aliphatic rings. The Morgan fingerprint density at radius 1 is 1.05 bits per heavy atom. The molecule has 0 aromatic heterocycles. The van der Waals surface area contributed by atoms with Crippen molar-refractivity contribution in [1.29, 1.82) is 0 Å². The average Bonchev–Trinajstić information content (AvgIpc) is 2.11. The van der Waals surface area contributed by atoms with Crippen LogP contribution in [0.15, 0.2) is 0 Å². The van der Waals surface area contributed by atoms with Crippen molar-refractivity contribution in [1.82, 2.24) is 0 Å². The van der Waals surface area contributed by atoms with Crippen LogP contribution in [0.25, 0.3) is 0 Å².